The minimum absolute atomic E-state index is 0.296. The summed E-state index contributed by atoms with van der Waals surface area (Å²) in [5, 5.41) is 2.39. The second-order valence-corrected chi connectivity index (χ2v) is 4.82. The molecule has 3 rings (SSSR count). The number of carbonyl (C=O) groups excluding carboxylic acids is 2. The van der Waals surface area contributed by atoms with Crippen molar-refractivity contribution in [1.82, 2.24) is 5.32 Å². The number of hydrogen-bond donors (Lipinski definition) is 1. The molecule has 1 aliphatic carbocycles. The SMILES string of the molecule is C/C=C1/CCc2ccc3c(c21)/C(=C\C)C(=O)NC3=O. The number of amides is 2. The lowest BCUT2D eigenvalue weighted by Crippen LogP contribution is -2.37. The molecule has 3 heteroatoms. The predicted molar refractivity (Wildman–Crippen MR) is 74.5 cm³/mol. The average molecular weight is 253 g/mol. The summed E-state index contributed by atoms with van der Waals surface area (Å²) in [6, 6.07) is 3.84. The monoisotopic (exact) mass is 253 g/mol. The number of imide groups is 1. The molecule has 1 heterocycles. The van der Waals surface area contributed by atoms with E-state index < -0.39 is 0 Å². The molecule has 0 bridgehead atoms. The molecule has 1 aromatic carbocycles. The highest BCUT2D eigenvalue weighted by Gasteiger charge is 2.32. The highest BCUT2D eigenvalue weighted by molar-refractivity contribution is 6.32. The number of benzene rings is 1. The first-order valence-electron chi connectivity index (χ1n) is 6.51. The maximum absolute atomic E-state index is 12.0. The van der Waals surface area contributed by atoms with Gasteiger partial charge in [-0.05, 0) is 49.5 Å². The van der Waals surface area contributed by atoms with Crippen LogP contribution in [0.1, 0.15) is 47.3 Å². The maximum Gasteiger partial charge on any atom is 0.258 e. The molecule has 2 aliphatic rings. The van der Waals surface area contributed by atoms with Crippen molar-refractivity contribution in [2.24, 2.45) is 0 Å². The van der Waals surface area contributed by atoms with Gasteiger partial charge in [0.1, 0.15) is 0 Å². The molecular weight excluding hydrogens is 238 g/mol. The van der Waals surface area contributed by atoms with Crippen LogP contribution in [0.3, 0.4) is 0 Å². The highest BCUT2D eigenvalue weighted by Crippen LogP contribution is 2.40. The molecule has 0 unspecified atom stereocenters. The molecule has 3 nitrogen and oxygen atoms in total. The average Bonchev–Trinajstić information content (AvgIpc) is 2.82. The van der Waals surface area contributed by atoms with E-state index in [1.54, 1.807) is 6.08 Å². The Morgan fingerprint density at radius 3 is 2.47 bits per heavy atom. The number of carbonyl (C=O) groups is 2. The van der Waals surface area contributed by atoms with Crippen molar-refractivity contribution in [1.29, 1.82) is 0 Å². The van der Waals surface area contributed by atoms with E-state index in [2.05, 4.69) is 11.4 Å². The van der Waals surface area contributed by atoms with Crippen LogP contribution in [0, 0.1) is 0 Å². The normalized spacial score (nSPS) is 21.6. The van der Waals surface area contributed by atoms with Crippen LogP contribution in [0.5, 0.6) is 0 Å². The van der Waals surface area contributed by atoms with E-state index in [9.17, 15) is 9.59 Å². The summed E-state index contributed by atoms with van der Waals surface area (Å²) >= 11 is 0. The van der Waals surface area contributed by atoms with E-state index in [0.29, 0.717) is 11.1 Å². The molecular formula is C16H15NO2. The zero-order chi connectivity index (χ0) is 13.6. The summed E-state index contributed by atoms with van der Waals surface area (Å²) in [6.45, 7) is 3.84. The van der Waals surface area contributed by atoms with Crippen molar-refractivity contribution < 1.29 is 9.59 Å². The van der Waals surface area contributed by atoms with Crippen molar-refractivity contribution in [3.63, 3.8) is 0 Å². The first kappa shape index (κ1) is 11.9. The Morgan fingerprint density at radius 2 is 1.79 bits per heavy atom. The van der Waals surface area contributed by atoms with Gasteiger partial charge in [0.2, 0.25) is 0 Å². The Hall–Kier alpha value is -2.16. The fraction of sp³-hybridized carbons (Fsp3) is 0.250. The predicted octanol–water partition coefficient (Wildman–Crippen LogP) is 2.71. The number of rotatable bonds is 0. The fourth-order valence-electron chi connectivity index (χ4n) is 3.00. The van der Waals surface area contributed by atoms with Crippen molar-refractivity contribution in [3.05, 3.63) is 46.5 Å². The zero-order valence-corrected chi connectivity index (χ0v) is 11.0. The Bertz CT molecular complexity index is 666. The van der Waals surface area contributed by atoms with Gasteiger partial charge in [-0.3, -0.25) is 14.9 Å². The van der Waals surface area contributed by atoms with Gasteiger partial charge in [0.25, 0.3) is 11.8 Å². The Morgan fingerprint density at radius 1 is 1.00 bits per heavy atom. The largest absolute Gasteiger partial charge is 0.288 e. The summed E-state index contributed by atoms with van der Waals surface area (Å²) in [5.74, 6) is -0.591. The maximum atomic E-state index is 12.0. The number of allylic oxidation sites excluding steroid dienone is 3. The number of aryl methyl sites for hydroxylation is 1. The minimum Gasteiger partial charge on any atom is -0.288 e. The zero-order valence-electron chi connectivity index (χ0n) is 11.0. The Balaban J connectivity index is 2.38. The third kappa shape index (κ3) is 1.58. The first-order chi connectivity index (χ1) is 9.17. The van der Waals surface area contributed by atoms with E-state index in [-0.39, 0.29) is 11.8 Å². The van der Waals surface area contributed by atoms with Crippen LogP contribution in [0.4, 0.5) is 0 Å². The number of fused-ring (bicyclic) bond motifs is 3. The third-order valence-corrected chi connectivity index (χ3v) is 3.90. The summed E-state index contributed by atoms with van der Waals surface area (Å²) in [5.41, 5.74) is 5.58. The van der Waals surface area contributed by atoms with E-state index in [0.717, 1.165) is 24.0 Å². The van der Waals surface area contributed by atoms with Gasteiger partial charge in [-0.25, -0.2) is 0 Å². The molecule has 1 aliphatic heterocycles. The lowest BCUT2D eigenvalue weighted by atomic mass is 9.87. The summed E-state index contributed by atoms with van der Waals surface area (Å²) in [4.78, 5) is 23.9. The molecule has 0 radical (unpaired) electrons. The lowest BCUT2D eigenvalue weighted by molar-refractivity contribution is -0.114. The minimum atomic E-state index is -0.296. The molecule has 0 spiro atoms. The molecule has 0 fully saturated rings. The molecule has 0 aromatic heterocycles. The molecule has 2 amide bonds. The van der Waals surface area contributed by atoms with Crippen LogP contribution in [0.25, 0.3) is 11.1 Å². The van der Waals surface area contributed by atoms with E-state index in [1.165, 1.54) is 11.1 Å². The van der Waals surface area contributed by atoms with Gasteiger partial charge in [0.05, 0.1) is 0 Å². The lowest BCUT2D eigenvalue weighted by Gasteiger charge is -2.21. The molecule has 0 saturated carbocycles. The highest BCUT2D eigenvalue weighted by atomic mass is 16.2. The van der Waals surface area contributed by atoms with Gasteiger partial charge in [-0.1, -0.05) is 18.2 Å². The molecule has 96 valence electrons. The second kappa shape index (κ2) is 4.19. The van der Waals surface area contributed by atoms with Gasteiger partial charge < -0.3 is 0 Å². The standard InChI is InChI=1S/C16H15NO2/c1-3-9-5-6-10-7-8-12-14(13(9)10)11(4-2)15(18)17-16(12)19/h3-4,7-8H,5-6H2,1-2H3,(H,17,18,19)/b9-3-,11-4+. The fourth-order valence-corrected chi connectivity index (χ4v) is 3.00. The van der Waals surface area contributed by atoms with Gasteiger partial charge >= 0.3 is 0 Å². The number of hydrogen-bond acceptors (Lipinski definition) is 2. The number of nitrogens with one attached hydrogen (secondary N) is 1. The third-order valence-electron chi connectivity index (χ3n) is 3.90. The quantitative estimate of drug-likeness (QED) is 0.571. The van der Waals surface area contributed by atoms with Crippen molar-refractivity contribution >= 4 is 23.0 Å². The van der Waals surface area contributed by atoms with Gasteiger partial charge in [0.15, 0.2) is 0 Å². The summed E-state index contributed by atoms with van der Waals surface area (Å²) in [7, 11) is 0. The van der Waals surface area contributed by atoms with Crippen LogP contribution in [-0.2, 0) is 11.2 Å². The second-order valence-electron chi connectivity index (χ2n) is 4.82. The van der Waals surface area contributed by atoms with Gasteiger partial charge in [-0.2, -0.15) is 0 Å². The topological polar surface area (TPSA) is 46.2 Å². The van der Waals surface area contributed by atoms with Crippen LogP contribution in [0.15, 0.2) is 24.3 Å². The summed E-state index contributed by atoms with van der Waals surface area (Å²) < 4.78 is 0. The van der Waals surface area contributed by atoms with Crippen LogP contribution < -0.4 is 5.32 Å². The van der Waals surface area contributed by atoms with Crippen molar-refractivity contribution in [3.8, 4) is 0 Å². The first-order valence-corrected chi connectivity index (χ1v) is 6.51. The van der Waals surface area contributed by atoms with Gasteiger partial charge in [0, 0.05) is 16.7 Å². The molecule has 1 N–H and O–H groups in total. The van der Waals surface area contributed by atoms with Crippen molar-refractivity contribution in [2.75, 3.05) is 0 Å². The molecule has 0 saturated heterocycles. The van der Waals surface area contributed by atoms with E-state index in [4.69, 9.17) is 0 Å². The van der Waals surface area contributed by atoms with Crippen LogP contribution in [-0.4, -0.2) is 11.8 Å². The smallest absolute Gasteiger partial charge is 0.258 e. The Labute approximate surface area is 112 Å². The molecule has 19 heavy (non-hydrogen) atoms. The molecule has 0 atom stereocenters. The van der Waals surface area contributed by atoms with Crippen LogP contribution >= 0.6 is 0 Å². The summed E-state index contributed by atoms with van der Waals surface area (Å²) in [6.07, 6.45) is 5.83. The molecule has 1 aromatic rings. The van der Waals surface area contributed by atoms with E-state index >= 15 is 0 Å². The van der Waals surface area contributed by atoms with E-state index in [1.807, 2.05) is 26.0 Å². The van der Waals surface area contributed by atoms with Gasteiger partial charge in [-0.15, -0.1) is 0 Å². The van der Waals surface area contributed by atoms with Crippen LogP contribution in [0.2, 0.25) is 0 Å². The Kier molecular flexibility index (Phi) is 2.63. The van der Waals surface area contributed by atoms with Crippen molar-refractivity contribution in [2.45, 2.75) is 26.7 Å².